The van der Waals surface area contributed by atoms with Crippen LogP contribution in [0.5, 0.6) is 5.75 Å². The van der Waals surface area contributed by atoms with Crippen molar-refractivity contribution in [1.29, 1.82) is 0 Å². The molecule has 1 aliphatic heterocycles. The average Bonchev–Trinajstić information content (AvgIpc) is 3.36. The van der Waals surface area contributed by atoms with E-state index in [1.807, 2.05) is 70.2 Å². The minimum Gasteiger partial charge on any atom is -0.493 e. The molecule has 0 spiro atoms. The Morgan fingerprint density at radius 2 is 1.80 bits per heavy atom. The third-order valence-corrected chi connectivity index (χ3v) is 7.37. The van der Waals surface area contributed by atoms with Crippen molar-refractivity contribution in [3.05, 3.63) is 71.6 Å². The summed E-state index contributed by atoms with van der Waals surface area (Å²) in [5.41, 5.74) is 3.00. The highest BCUT2D eigenvalue weighted by Gasteiger charge is 2.37. The molecule has 1 aromatic heterocycles. The first kappa shape index (κ1) is 30.2. The van der Waals surface area contributed by atoms with Crippen LogP contribution >= 0.6 is 0 Å². The second-order valence-corrected chi connectivity index (χ2v) is 11.0. The van der Waals surface area contributed by atoms with Gasteiger partial charge in [0.1, 0.15) is 11.5 Å². The first-order valence-corrected chi connectivity index (χ1v) is 14.7. The van der Waals surface area contributed by atoms with Gasteiger partial charge in [0.25, 0.3) is 0 Å². The van der Waals surface area contributed by atoms with Gasteiger partial charge in [0, 0.05) is 25.1 Å². The molecule has 1 amide bonds. The number of nitrogens with zero attached hydrogens (tertiary/aromatic N) is 2. The monoisotopic (exact) mass is 562 g/mol. The molecule has 220 valence electrons. The van der Waals surface area contributed by atoms with Crippen LogP contribution in [0.2, 0.25) is 0 Å². The van der Waals surface area contributed by atoms with Crippen LogP contribution in [0.25, 0.3) is 11.5 Å². The number of hydrogen-bond acceptors (Lipinski definition) is 7. The highest BCUT2D eigenvalue weighted by atomic mass is 16.6. The molecule has 4 rings (SSSR count). The molecule has 0 saturated carbocycles. The summed E-state index contributed by atoms with van der Waals surface area (Å²) in [4.78, 5) is 31.6. The van der Waals surface area contributed by atoms with E-state index >= 15 is 0 Å². The number of carbonyl (C=O) groups excluding carboxylic acids is 2. The first-order valence-electron chi connectivity index (χ1n) is 14.7. The lowest BCUT2D eigenvalue weighted by Crippen LogP contribution is -2.46. The fraction of sp³-hybridized carbons (Fsp3) is 0.485. The molecule has 8 heteroatoms. The number of benzene rings is 2. The molecule has 1 fully saturated rings. The number of aryl methyl sites for hydroxylation is 2. The molecular formula is C33H42N2O6. The van der Waals surface area contributed by atoms with Gasteiger partial charge in [-0.2, -0.15) is 0 Å². The van der Waals surface area contributed by atoms with E-state index in [1.54, 1.807) is 4.90 Å². The summed E-state index contributed by atoms with van der Waals surface area (Å²) < 4.78 is 22.6. The Kier molecular flexibility index (Phi) is 10.8. The maximum absolute atomic E-state index is 12.7. The Labute approximate surface area is 243 Å². The van der Waals surface area contributed by atoms with Gasteiger partial charge in [0.2, 0.25) is 5.89 Å². The molecule has 1 aliphatic rings. The van der Waals surface area contributed by atoms with Crippen molar-refractivity contribution < 1.29 is 28.2 Å². The number of carbonyl (C=O) groups is 2. The number of piperidine rings is 1. The van der Waals surface area contributed by atoms with Gasteiger partial charge in [0.15, 0.2) is 0 Å². The van der Waals surface area contributed by atoms with E-state index in [0.29, 0.717) is 51.6 Å². The van der Waals surface area contributed by atoms with Crippen LogP contribution in [0.1, 0.15) is 50.6 Å². The lowest BCUT2D eigenvalue weighted by atomic mass is 9.82. The molecule has 2 heterocycles. The number of amides is 1. The van der Waals surface area contributed by atoms with Crippen LogP contribution in [0, 0.1) is 24.7 Å². The van der Waals surface area contributed by atoms with E-state index < -0.39 is 0 Å². The number of oxazole rings is 1. The Bertz CT molecular complexity index is 1250. The summed E-state index contributed by atoms with van der Waals surface area (Å²) in [5.74, 6) is 2.12. The van der Waals surface area contributed by atoms with E-state index in [-0.39, 0.29) is 29.8 Å². The van der Waals surface area contributed by atoms with Crippen molar-refractivity contribution in [2.75, 3.05) is 32.9 Å². The number of ether oxygens (including phenoxy) is 3. The standard InChI is InChI=1S/C33H42N2O6/c1-5-38-32(36)29-17-19-35(33(37)40-22-23(2)3)21-27(29)14-11-25-12-15-28(16-13-25)39-20-18-30-24(4)41-31(34-30)26-9-7-6-8-10-26/h6-10,12-13,15-16,23,27,29H,5,11,14,17-22H2,1-4H3. The summed E-state index contributed by atoms with van der Waals surface area (Å²) in [7, 11) is 0. The molecule has 0 radical (unpaired) electrons. The summed E-state index contributed by atoms with van der Waals surface area (Å²) >= 11 is 0. The molecule has 2 unspecified atom stereocenters. The van der Waals surface area contributed by atoms with Crippen LogP contribution in [0.3, 0.4) is 0 Å². The molecule has 41 heavy (non-hydrogen) atoms. The summed E-state index contributed by atoms with van der Waals surface area (Å²) in [6.45, 7) is 10.0. The van der Waals surface area contributed by atoms with Crippen LogP contribution in [0.15, 0.2) is 59.0 Å². The highest BCUT2D eigenvalue weighted by molar-refractivity contribution is 5.74. The predicted molar refractivity (Wildman–Crippen MR) is 157 cm³/mol. The van der Waals surface area contributed by atoms with E-state index in [9.17, 15) is 9.59 Å². The maximum atomic E-state index is 12.7. The van der Waals surface area contributed by atoms with Crippen LogP contribution in [0.4, 0.5) is 4.79 Å². The van der Waals surface area contributed by atoms with Crippen molar-refractivity contribution in [3.8, 4) is 17.2 Å². The van der Waals surface area contributed by atoms with E-state index in [1.165, 1.54) is 0 Å². The average molecular weight is 563 g/mol. The fourth-order valence-electron chi connectivity index (χ4n) is 5.11. The predicted octanol–water partition coefficient (Wildman–Crippen LogP) is 6.50. The fourth-order valence-corrected chi connectivity index (χ4v) is 5.11. The largest absolute Gasteiger partial charge is 0.493 e. The zero-order valence-corrected chi connectivity index (χ0v) is 24.6. The summed E-state index contributed by atoms with van der Waals surface area (Å²) in [5, 5.41) is 0. The minimum absolute atomic E-state index is 0.0109. The number of likely N-dealkylation sites (tertiary alicyclic amines) is 1. The molecule has 0 aliphatic carbocycles. The smallest absolute Gasteiger partial charge is 0.409 e. The Hall–Kier alpha value is -3.81. The number of hydrogen-bond donors (Lipinski definition) is 0. The minimum atomic E-state index is -0.301. The Morgan fingerprint density at radius 1 is 1.05 bits per heavy atom. The van der Waals surface area contributed by atoms with Gasteiger partial charge in [0.05, 0.1) is 31.4 Å². The van der Waals surface area contributed by atoms with Gasteiger partial charge in [-0.15, -0.1) is 0 Å². The summed E-state index contributed by atoms with van der Waals surface area (Å²) in [6.07, 6.45) is 2.50. The van der Waals surface area contributed by atoms with Gasteiger partial charge >= 0.3 is 12.1 Å². The third-order valence-electron chi connectivity index (χ3n) is 7.37. The maximum Gasteiger partial charge on any atom is 0.409 e. The SMILES string of the molecule is CCOC(=O)C1CCN(C(=O)OCC(C)C)CC1CCc1ccc(OCCc2nc(-c3ccccc3)oc2C)cc1. The quantitative estimate of drug-likeness (QED) is 0.233. The number of rotatable bonds is 12. The zero-order chi connectivity index (χ0) is 29.2. The topological polar surface area (TPSA) is 91.1 Å². The van der Waals surface area contributed by atoms with Gasteiger partial charge in [-0.3, -0.25) is 4.79 Å². The van der Waals surface area contributed by atoms with Crippen molar-refractivity contribution in [1.82, 2.24) is 9.88 Å². The molecular weight excluding hydrogens is 520 g/mol. The molecule has 2 aromatic carbocycles. The molecule has 8 nitrogen and oxygen atoms in total. The van der Waals surface area contributed by atoms with Crippen molar-refractivity contribution in [3.63, 3.8) is 0 Å². The van der Waals surface area contributed by atoms with Gasteiger partial charge < -0.3 is 23.5 Å². The molecule has 0 N–H and O–H groups in total. The van der Waals surface area contributed by atoms with Crippen molar-refractivity contribution in [2.24, 2.45) is 17.8 Å². The van der Waals surface area contributed by atoms with Crippen molar-refractivity contribution >= 4 is 12.1 Å². The Morgan fingerprint density at radius 3 is 2.51 bits per heavy atom. The molecule has 1 saturated heterocycles. The molecule has 3 aromatic rings. The number of esters is 1. The van der Waals surface area contributed by atoms with Gasteiger partial charge in [-0.05, 0) is 74.8 Å². The molecule has 2 atom stereocenters. The van der Waals surface area contributed by atoms with Crippen LogP contribution in [-0.4, -0.2) is 54.9 Å². The molecule has 0 bridgehead atoms. The van der Waals surface area contributed by atoms with Crippen LogP contribution in [-0.2, 0) is 27.1 Å². The van der Waals surface area contributed by atoms with E-state index in [4.69, 9.17) is 18.6 Å². The second-order valence-electron chi connectivity index (χ2n) is 11.0. The Balaban J connectivity index is 1.29. The first-order chi connectivity index (χ1) is 19.8. The van der Waals surface area contributed by atoms with Crippen molar-refractivity contribution in [2.45, 2.75) is 53.4 Å². The third kappa shape index (κ3) is 8.59. The van der Waals surface area contributed by atoms with Crippen LogP contribution < -0.4 is 4.74 Å². The van der Waals surface area contributed by atoms with Gasteiger partial charge in [-0.25, -0.2) is 9.78 Å². The van der Waals surface area contributed by atoms with E-state index in [2.05, 4.69) is 17.1 Å². The highest BCUT2D eigenvalue weighted by Crippen LogP contribution is 2.30. The second kappa shape index (κ2) is 14.7. The number of aromatic nitrogens is 1. The van der Waals surface area contributed by atoms with E-state index in [0.717, 1.165) is 41.2 Å². The normalized spacial score (nSPS) is 17.0. The summed E-state index contributed by atoms with van der Waals surface area (Å²) in [6, 6.07) is 17.9. The lowest BCUT2D eigenvalue weighted by Gasteiger charge is -2.37. The lowest BCUT2D eigenvalue weighted by molar-refractivity contribution is -0.152. The van der Waals surface area contributed by atoms with Gasteiger partial charge in [-0.1, -0.05) is 44.2 Å². The zero-order valence-electron chi connectivity index (χ0n) is 24.6.